The van der Waals surface area contributed by atoms with E-state index in [1.807, 2.05) is 30.3 Å². The fourth-order valence-corrected chi connectivity index (χ4v) is 3.71. The molecular weight excluding hydrogens is 303 g/mol. The molecule has 0 radical (unpaired) electrons. The van der Waals surface area contributed by atoms with Crippen molar-refractivity contribution in [2.45, 2.75) is 38.1 Å². The van der Waals surface area contributed by atoms with Crippen molar-refractivity contribution < 1.29 is 9.13 Å². The standard InChI is InChI=1S/C20H21FN2O/c1-24-16-10-11-19-18(12-16)22-20(14-6-2-3-7-14)23(19)13-15-8-4-5-9-17(15)21/h4-5,8-12,14H,2-3,6-7,13H2,1H3. The van der Waals surface area contributed by atoms with Crippen LogP contribution in [0.2, 0.25) is 0 Å². The molecule has 0 spiro atoms. The Kier molecular flexibility index (Phi) is 3.97. The van der Waals surface area contributed by atoms with Crippen molar-refractivity contribution in [2.24, 2.45) is 0 Å². The van der Waals surface area contributed by atoms with E-state index in [0.717, 1.165) is 35.4 Å². The molecule has 0 bridgehead atoms. The highest BCUT2D eigenvalue weighted by molar-refractivity contribution is 5.78. The van der Waals surface area contributed by atoms with Gasteiger partial charge in [0.15, 0.2) is 0 Å². The number of halogens is 1. The Bertz CT molecular complexity index is 865. The van der Waals surface area contributed by atoms with Crippen LogP contribution in [0, 0.1) is 5.82 Å². The number of nitrogens with zero attached hydrogens (tertiary/aromatic N) is 2. The molecule has 1 saturated carbocycles. The first kappa shape index (κ1) is 15.2. The van der Waals surface area contributed by atoms with Gasteiger partial charge in [-0.05, 0) is 31.0 Å². The second-order valence-corrected chi connectivity index (χ2v) is 6.48. The molecule has 2 aromatic carbocycles. The Balaban J connectivity index is 1.84. The zero-order valence-corrected chi connectivity index (χ0v) is 13.8. The summed E-state index contributed by atoms with van der Waals surface area (Å²) in [5.74, 6) is 2.19. The van der Waals surface area contributed by atoms with Crippen LogP contribution in [0.1, 0.15) is 43.0 Å². The van der Waals surface area contributed by atoms with Gasteiger partial charge < -0.3 is 9.30 Å². The van der Waals surface area contributed by atoms with Crippen LogP contribution in [0.25, 0.3) is 11.0 Å². The molecule has 124 valence electrons. The molecule has 4 heteroatoms. The maximum Gasteiger partial charge on any atom is 0.128 e. The Hall–Kier alpha value is -2.36. The lowest BCUT2D eigenvalue weighted by molar-refractivity contribution is 0.415. The highest BCUT2D eigenvalue weighted by Crippen LogP contribution is 2.36. The van der Waals surface area contributed by atoms with Crippen molar-refractivity contribution in [3.8, 4) is 5.75 Å². The third-order valence-electron chi connectivity index (χ3n) is 4.99. The quantitative estimate of drug-likeness (QED) is 0.683. The third-order valence-corrected chi connectivity index (χ3v) is 4.99. The smallest absolute Gasteiger partial charge is 0.128 e. The molecule has 1 aliphatic rings. The summed E-state index contributed by atoms with van der Waals surface area (Å²) < 4.78 is 21.7. The van der Waals surface area contributed by atoms with Crippen LogP contribution >= 0.6 is 0 Å². The Morgan fingerprint density at radius 2 is 1.96 bits per heavy atom. The van der Waals surface area contributed by atoms with E-state index in [4.69, 9.17) is 9.72 Å². The van der Waals surface area contributed by atoms with E-state index in [-0.39, 0.29) is 5.82 Å². The van der Waals surface area contributed by atoms with Gasteiger partial charge in [0.2, 0.25) is 0 Å². The predicted octanol–water partition coefficient (Wildman–Crippen LogP) is 4.89. The molecule has 0 amide bonds. The summed E-state index contributed by atoms with van der Waals surface area (Å²) >= 11 is 0. The molecule has 1 aliphatic carbocycles. The molecule has 0 N–H and O–H groups in total. The van der Waals surface area contributed by atoms with Gasteiger partial charge in [-0.3, -0.25) is 0 Å². The van der Waals surface area contributed by atoms with E-state index in [2.05, 4.69) is 4.57 Å². The lowest BCUT2D eigenvalue weighted by Crippen LogP contribution is -2.09. The van der Waals surface area contributed by atoms with Crippen molar-refractivity contribution in [1.29, 1.82) is 0 Å². The fraction of sp³-hybridized carbons (Fsp3) is 0.350. The molecule has 1 aromatic heterocycles. The van der Waals surface area contributed by atoms with E-state index in [1.165, 1.54) is 18.9 Å². The van der Waals surface area contributed by atoms with E-state index < -0.39 is 0 Å². The lowest BCUT2D eigenvalue weighted by atomic mass is 10.1. The average Bonchev–Trinajstić information content (AvgIpc) is 3.24. The minimum atomic E-state index is -0.162. The van der Waals surface area contributed by atoms with Gasteiger partial charge in [-0.15, -0.1) is 0 Å². The van der Waals surface area contributed by atoms with Gasteiger partial charge in [0, 0.05) is 17.5 Å². The number of ether oxygens (including phenoxy) is 1. The van der Waals surface area contributed by atoms with Crippen molar-refractivity contribution >= 4 is 11.0 Å². The van der Waals surface area contributed by atoms with E-state index >= 15 is 0 Å². The minimum Gasteiger partial charge on any atom is -0.497 e. The van der Waals surface area contributed by atoms with Crippen LogP contribution in [-0.2, 0) is 6.54 Å². The molecule has 0 aliphatic heterocycles. The summed E-state index contributed by atoms with van der Waals surface area (Å²) in [7, 11) is 1.66. The highest BCUT2D eigenvalue weighted by Gasteiger charge is 2.24. The van der Waals surface area contributed by atoms with Crippen LogP contribution in [0.3, 0.4) is 0 Å². The molecule has 24 heavy (non-hydrogen) atoms. The van der Waals surface area contributed by atoms with Gasteiger partial charge in [0.25, 0.3) is 0 Å². The van der Waals surface area contributed by atoms with E-state index in [9.17, 15) is 4.39 Å². The van der Waals surface area contributed by atoms with Gasteiger partial charge in [-0.1, -0.05) is 31.0 Å². The maximum absolute atomic E-state index is 14.2. The van der Waals surface area contributed by atoms with Crippen LogP contribution in [0.5, 0.6) is 5.75 Å². The maximum atomic E-state index is 14.2. The van der Waals surface area contributed by atoms with Crippen molar-refractivity contribution in [1.82, 2.24) is 9.55 Å². The SMILES string of the molecule is COc1ccc2c(c1)nc(C1CCCC1)n2Cc1ccccc1F. The molecule has 3 aromatic rings. The van der Waals surface area contributed by atoms with Crippen molar-refractivity contribution in [3.05, 3.63) is 59.7 Å². The molecule has 4 rings (SSSR count). The number of methoxy groups -OCH3 is 1. The summed E-state index contributed by atoms with van der Waals surface area (Å²) in [5, 5.41) is 0. The summed E-state index contributed by atoms with van der Waals surface area (Å²) in [5.41, 5.74) is 2.67. The van der Waals surface area contributed by atoms with Crippen LogP contribution in [-0.4, -0.2) is 16.7 Å². The predicted molar refractivity (Wildman–Crippen MR) is 93.0 cm³/mol. The number of hydrogen-bond acceptors (Lipinski definition) is 2. The lowest BCUT2D eigenvalue weighted by Gasteiger charge is -2.14. The molecule has 0 atom stereocenters. The monoisotopic (exact) mass is 324 g/mol. The van der Waals surface area contributed by atoms with E-state index in [0.29, 0.717) is 18.0 Å². The molecule has 3 nitrogen and oxygen atoms in total. The average molecular weight is 324 g/mol. The van der Waals surface area contributed by atoms with Gasteiger partial charge in [-0.25, -0.2) is 9.37 Å². The number of aromatic nitrogens is 2. The molecule has 0 saturated heterocycles. The Labute approximate surface area is 141 Å². The molecular formula is C20H21FN2O. The first-order chi connectivity index (χ1) is 11.8. The topological polar surface area (TPSA) is 27.1 Å². The summed E-state index contributed by atoms with van der Waals surface area (Å²) in [6, 6.07) is 12.9. The second kappa shape index (κ2) is 6.27. The van der Waals surface area contributed by atoms with E-state index in [1.54, 1.807) is 13.2 Å². The van der Waals surface area contributed by atoms with Crippen LogP contribution < -0.4 is 4.74 Å². The van der Waals surface area contributed by atoms with Crippen molar-refractivity contribution in [3.63, 3.8) is 0 Å². The fourth-order valence-electron chi connectivity index (χ4n) is 3.71. The van der Waals surface area contributed by atoms with Gasteiger partial charge in [-0.2, -0.15) is 0 Å². The normalized spacial score (nSPS) is 15.2. The summed E-state index contributed by atoms with van der Waals surface area (Å²) in [4.78, 5) is 4.89. The first-order valence-corrected chi connectivity index (χ1v) is 8.54. The molecule has 0 unspecified atom stereocenters. The number of fused-ring (bicyclic) bond motifs is 1. The molecule has 1 heterocycles. The van der Waals surface area contributed by atoms with Crippen LogP contribution in [0.15, 0.2) is 42.5 Å². The number of hydrogen-bond donors (Lipinski definition) is 0. The van der Waals surface area contributed by atoms with Gasteiger partial charge >= 0.3 is 0 Å². The van der Waals surface area contributed by atoms with Gasteiger partial charge in [0.1, 0.15) is 17.4 Å². The Morgan fingerprint density at radius 1 is 1.17 bits per heavy atom. The number of benzene rings is 2. The largest absolute Gasteiger partial charge is 0.497 e. The van der Waals surface area contributed by atoms with Crippen molar-refractivity contribution in [2.75, 3.05) is 7.11 Å². The zero-order valence-electron chi connectivity index (χ0n) is 13.8. The number of imidazole rings is 1. The number of rotatable bonds is 4. The third kappa shape index (κ3) is 2.66. The Morgan fingerprint density at radius 3 is 2.71 bits per heavy atom. The highest BCUT2D eigenvalue weighted by atomic mass is 19.1. The van der Waals surface area contributed by atoms with Crippen LogP contribution in [0.4, 0.5) is 4.39 Å². The summed E-state index contributed by atoms with van der Waals surface area (Å²) in [6.45, 7) is 0.515. The molecule has 1 fully saturated rings. The zero-order chi connectivity index (χ0) is 16.5. The second-order valence-electron chi connectivity index (χ2n) is 6.48. The van der Waals surface area contributed by atoms with Gasteiger partial charge in [0.05, 0.1) is 24.7 Å². The summed E-state index contributed by atoms with van der Waals surface area (Å²) in [6.07, 6.45) is 4.82. The first-order valence-electron chi connectivity index (χ1n) is 8.54. The minimum absolute atomic E-state index is 0.162.